The SMILES string of the molecule is CSCC[C@H](NC(=O)C1CC1)C(=O)NCCCn1nc(C)cc1C. The van der Waals surface area contributed by atoms with Gasteiger partial charge in [-0.25, -0.2) is 0 Å². The number of aromatic nitrogens is 2. The van der Waals surface area contributed by atoms with E-state index >= 15 is 0 Å². The molecule has 134 valence electrons. The number of nitrogens with one attached hydrogen (secondary N) is 2. The van der Waals surface area contributed by atoms with Crippen LogP contribution in [0.3, 0.4) is 0 Å². The Morgan fingerprint density at radius 3 is 2.75 bits per heavy atom. The number of thioether (sulfide) groups is 1. The van der Waals surface area contributed by atoms with Gasteiger partial charge in [0.15, 0.2) is 0 Å². The maximum Gasteiger partial charge on any atom is 0.242 e. The molecule has 1 atom stereocenters. The summed E-state index contributed by atoms with van der Waals surface area (Å²) >= 11 is 1.69. The number of aryl methyl sites for hydroxylation is 3. The predicted molar refractivity (Wildman–Crippen MR) is 97.0 cm³/mol. The van der Waals surface area contributed by atoms with Gasteiger partial charge in [0.25, 0.3) is 0 Å². The van der Waals surface area contributed by atoms with E-state index in [1.54, 1.807) is 11.8 Å². The van der Waals surface area contributed by atoms with Gasteiger partial charge in [-0.05, 0) is 57.6 Å². The van der Waals surface area contributed by atoms with Crippen LogP contribution in [0.2, 0.25) is 0 Å². The fourth-order valence-corrected chi connectivity index (χ4v) is 3.08. The van der Waals surface area contributed by atoms with Gasteiger partial charge >= 0.3 is 0 Å². The van der Waals surface area contributed by atoms with Gasteiger partial charge in [-0.2, -0.15) is 16.9 Å². The lowest BCUT2D eigenvalue weighted by atomic mass is 10.2. The molecule has 0 bridgehead atoms. The molecule has 1 aliphatic rings. The lowest BCUT2D eigenvalue weighted by Gasteiger charge is -2.18. The summed E-state index contributed by atoms with van der Waals surface area (Å²) < 4.78 is 1.96. The third-order valence-electron chi connectivity index (χ3n) is 4.14. The first-order valence-corrected chi connectivity index (χ1v) is 9.98. The highest BCUT2D eigenvalue weighted by Crippen LogP contribution is 2.29. The van der Waals surface area contributed by atoms with Gasteiger partial charge in [0.2, 0.25) is 11.8 Å². The third kappa shape index (κ3) is 5.85. The van der Waals surface area contributed by atoms with Crippen molar-refractivity contribution in [1.29, 1.82) is 0 Å². The summed E-state index contributed by atoms with van der Waals surface area (Å²) in [5, 5.41) is 10.3. The number of carbonyl (C=O) groups is 2. The van der Waals surface area contributed by atoms with Crippen LogP contribution in [0.4, 0.5) is 0 Å². The van der Waals surface area contributed by atoms with Crippen molar-refractivity contribution in [2.75, 3.05) is 18.6 Å². The summed E-state index contributed by atoms with van der Waals surface area (Å²) in [6.45, 7) is 5.38. The lowest BCUT2D eigenvalue weighted by molar-refractivity contribution is -0.129. The fourth-order valence-electron chi connectivity index (χ4n) is 2.60. The molecule has 0 unspecified atom stereocenters. The molecule has 2 rings (SSSR count). The average Bonchev–Trinajstić information content (AvgIpc) is 3.33. The molecule has 24 heavy (non-hydrogen) atoms. The van der Waals surface area contributed by atoms with Crippen molar-refractivity contribution < 1.29 is 9.59 Å². The Morgan fingerprint density at radius 2 is 2.17 bits per heavy atom. The van der Waals surface area contributed by atoms with Crippen molar-refractivity contribution in [2.45, 2.75) is 52.1 Å². The number of nitrogens with zero attached hydrogens (tertiary/aromatic N) is 2. The summed E-state index contributed by atoms with van der Waals surface area (Å²) in [4.78, 5) is 24.3. The molecule has 6 nitrogen and oxygen atoms in total. The van der Waals surface area contributed by atoms with E-state index in [0.29, 0.717) is 13.0 Å². The fraction of sp³-hybridized carbons (Fsp3) is 0.706. The van der Waals surface area contributed by atoms with Gasteiger partial charge in [-0.3, -0.25) is 14.3 Å². The van der Waals surface area contributed by atoms with Gasteiger partial charge in [-0.1, -0.05) is 0 Å². The molecule has 0 aliphatic heterocycles. The van der Waals surface area contributed by atoms with E-state index in [2.05, 4.69) is 15.7 Å². The van der Waals surface area contributed by atoms with Crippen LogP contribution in [0.5, 0.6) is 0 Å². The highest BCUT2D eigenvalue weighted by Gasteiger charge is 2.32. The molecule has 1 heterocycles. The first-order valence-electron chi connectivity index (χ1n) is 8.59. The van der Waals surface area contributed by atoms with Crippen LogP contribution in [-0.4, -0.2) is 46.2 Å². The normalized spacial score (nSPS) is 15.1. The molecular formula is C17H28N4O2S. The van der Waals surface area contributed by atoms with E-state index < -0.39 is 6.04 Å². The van der Waals surface area contributed by atoms with Crippen molar-refractivity contribution in [3.8, 4) is 0 Å². The first kappa shape index (κ1) is 18.8. The minimum atomic E-state index is -0.417. The van der Waals surface area contributed by atoms with Crippen LogP contribution < -0.4 is 10.6 Å². The molecule has 2 N–H and O–H groups in total. The van der Waals surface area contributed by atoms with E-state index in [4.69, 9.17) is 0 Å². The van der Waals surface area contributed by atoms with Crippen molar-refractivity contribution in [1.82, 2.24) is 20.4 Å². The van der Waals surface area contributed by atoms with E-state index in [0.717, 1.165) is 42.9 Å². The molecule has 0 aromatic carbocycles. The average molecular weight is 353 g/mol. The van der Waals surface area contributed by atoms with E-state index in [9.17, 15) is 9.59 Å². The van der Waals surface area contributed by atoms with Gasteiger partial charge in [-0.15, -0.1) is 0 Å². The lowest BCUT2D eigenvalue weighted by Crippen LogP contribution is -2.47. The summed E-state index contributed by atoms with van der Waals surface area (Å²) in [6.07, 6.45) is 5.39. The smallest absolute Gasteiger partial charge is 0.242 e. The molecule has 0 radical (unpaired) electrons. The molecule has 0 saturated heterocycles. The Balaban J connectivity index is 1.74. The summed E-state index contributed by atoms with van der Waals surface area (Å²) in [5.41, 5.74) is 2.14. The van der Waals surface area contributed by atoms with Crippen LogP contribution in [0.1, 0.15) is 37.1 Å². The number of carbonyl (C=O) groups excluding carboxylic acids is 2. The van der Waals surface area contributed by atoms with Gasteiger partial charge in [0.05, 0.1) is 5.69 Å². The molecule has 1 saturated carbocycles. The Kier molecular flexibility index (Phi) is 7.15. The zero-order valence-electron chi connectivity index (χ0n) is 14.8. The summed E-state index contributed by atoms with van der Waals surface area (Å²) in [6, 6.07) is 1.63. The molecule has 7 heteroatoms. The van der Waals surface area contributed by atoms with E-state index in [1.807, 2.05) is 30.9 Å². The highest BCUT2D eigenvalue weighted by molar-refractivity contribution is 7.98. The molecule has 1 fully saturated rings. The van der Waals surface area contributed by atoms with Crippen LogP contribution in [0.15, 0.2) is 6.07 Å². The van der Waals surface area contributed by atoms with Crippen molar-refractivity contribution >= 4 is 23.6 Å². The highest BCUT2D eigenvalue weighted by atomic mass is 32.2. The maximum absolute atomic E-state index is 12.4. The molecule has 2 amide bonds. The van der Waals surface area contributed by atoms with E-state index in [-0.39, 0.29) is 17.7 Å². The van der Waals surface area contributed by atoms with Crippen LogP contribution in [0.25, 0.3) is 0 Å². The molecule has 1 aromatic rings. The Labute approximate surface area is 148 Å². The second kappa shape index (κ2) is 9.11. The standard InChI is InChI=1S/C17H28N4O2S/c1-12-11-13(2)21(20-12)9-4-8-18-17(23)15(7-10-24-3)19-16(22)14-5-6-14/h11,14-15H,4-10H2,1-3H3,(H,18,23)(H,19,22)/t15-/m0/s1. The molecule has 1 aliphatic carbocycles. The van der Waals surface area contributed by atoms with Crippen LogP contribution in [0, 0.1) is 19.8 Å². The predicted octanol–water partition coefficient (Wildman–Crippen LogP) is 1.65. The third-order valence-corrected chi connectivity index (χ3v) is 4.79. The second-order valence-electron chi connectivity index (χ2n) is 6.41. The largest absolute Gasteiger partial charge is 0.354 e. The van der Waals surface area contributed by atoms with Gasteiger partial charge in [0.1, 0.15) is 6.04 Å². The second-order valence-corrected chi connectivity index (χ2v) is 7.40. The number of hydrogen-bond donors (Lipinski definition) is 2. The number of hydrogen-bond acceptors (Lipinski definition) is 4. The monoisotopic (exact) mass is 352 g/mol. The van der Waals surface area contributed by atoms with Gasteiger partial charge in [0, 0.05) is 24.7 Å². The zero-order valence-corrected chi connectivity index (χ0v) is 15.6. The first-order chi connectivity index (χ1) is 11.5. The van der Waals surface area contributed by atoms with Crippen LogP contribution >= 0.6 is 11.8 Å². The van der Waals surface area contributed by atoms with Gasteiger partial charge < -0.3 is 10.6 Å². The maximum atomic E-state index is 12.4. The quantitative estimate of drug-likeness (QED) is 0.628. The van der Waals surface area contributed by atoms with E-state index in [1.165, 1.54) is 0 Å². The van der Waals surface area contributed by atoms with Crippen molar-refractivity contribution in [3.05, 3.63) is 17.5 Å². The Bertz CT molecular complexity index is 569. The molecule has 1 aromatic heterocycles. The Morgan fingerprint density at radius 1 is 1.42 bits per heavy atom. The topological polar surface area (TPSA) is 76.0 Å². The molecule has 0 spiro atoms. The number of rotatable bonds is 10. The Hall–Kier alpha value is -1.50. The molecular weight excluding hydrogens is 324 g/mol. The zero-order chi connectivity index (χ0) is 17.5. The minimum absolute atomic E-state index is 0.0268. The summed E-state index contributed by atoms with van der Waals surface area (Å²) in [7, 11) is 0. The van der Waals surface area contributed by atoms with Crippen molar-refractivity contribution in [2.24, 2.45) is 5.92 Å². The van der Waals surface area contributed by atoms with Crippen molar-refractivity contribution in [3.63, 3.8) is 0 Å². The summed E-state index contributed by atoms with van der Waals surface area (Å²) in [5.74, 6) is 0.931. The number of amides is 2. The minimum Gasteiger partial charge on any atom is -0.354 e. The van der Waals surface area contributed by atoms with Crippen LogP contribution in [-0.2, 0) is 16.1 Å².